The highest BCUT2D eigenvalue weighted by Crippen LogP contribution is 2.39. The standard InChI is InChI=1S/C17H35NO3/c1-4-20-11-9-18(10-12-21-5-2)14-17(15-19)8-6-7-16(3)13-17/h16,19H,4-15H2,1-3H3. The predicted molar refractivity (Wildman–Crippen MR) is 86.6 cm³/mol. The highest BCUT2D eigenvalue weighted by atomic mass is 16.5. The summed E-state index contributed by atoms with van der Waals surface area (Å²) in [5.41, 5.74) is 0.0795. The number of aliphatic hydroxyl groups excluding tert-OH is 1. The molecule has 1 N–H and O–H groups in total. The van der Waals surface area contributed by atoms with Crippen LogP contribution in [0.5, 0.6) is 0 Å². The van der Waals surface area contributed by atoms with Crippen LogP contribution in [-0.4, -0.2) is 62.7 Å². The maximum absolute atomic E-state index is 9.96. The van der Waals surface area contributed by atoms with Gasteiger partial charge in [0.2, 0.25) is 0 Å². The Morgan fingerprint density at radius 1 is 1.14 bits per heavy atom. The molecular formula is C17H35NO3. The molecule has 0 heterocycles. The second-order valence-corrected chi connectivity index (χ2v) is 6.53. The first-order valence-corrected chi connectivity index (χ1v) is 8.64. The molecule has 0 radical (unpaired) electrons. The van der Waals surface area contributed by atoms with E-state index in [4.69, 9.17) is 9.47 Å². The van der Waals surface area contributed by atoms with E-state index in [2.05, 4.69) is 11.8 Å². The van der Waals surface area contributed by atoms with Gasteiger partial charge in [-0.05, 0) is 32.6 Å². The van der Waals surface area contributed by atoms with Gasteiger partial charge in [0.05, 0.1) is 13.2 Å². The summed E-state index contributed by atoms with van der Waals surface area (Å²) in [6, 6.07) is 0. The minimum absolute atomic E-state index is 0.0795. The van der Waals surface area contributed by atoms with Gasteiger partial charge in [-0.1, -0.05) is 19.8 Å². The summed E-state index contributed by atoms with van der Waals surface area (Å²) in [5.74, 6) is 0.728. The second kappa shape index (κ2) is 10.5. The molecule has 126 valence electrons. The van der Waals surface area contributed by atoms with Gasteiger partial charge in [0.1, 0.15) is 0 Å². The van der Waals surface area contributed by atoms with Crippen molar-refractivity contribution in [3.63, 3.8) is 0 Å². The fourth-order valence-corrected chi connectivity index (χ4v) is 3.53. The SMILES string of the molecule is CCOCCN(CCOCC)CC1(CO)CCCC(C)C1. The van der Waals surface area contributed by atoms with Gasteiger partial charge in [0.25, 0.3) is 0 Å². The molecule has 0 aliphatic heterocycles. The maximum Gasteiger partial charge on any atom is 0.0593 e. The molecular weight excluding hydrogens is 266 g/mol. The summed E-state index contributed by atoms with van der Waals surface area (Å²) >= 11 is 0. The van der Waals surface area contributed by atoms with Crippen molar-refractivity contribution in [3.8, 4) is 0 Å². The van der Waals surface area contributed by atoms with E-state index >= 15 is 0 Å². The Morgan fingerprint density at radius 3 is 2.24 bits per heavy atom. The number of hydrogen-bond donors (Lipinski definition) is 1. The molecule has 0 amide bonds. The monoisotopic (exact) mass is 301 g/mol. The lowest BCUT2D eigenvalue weighted by Crippen LogP contribution is -2.45. The number of hydrogen-bond acceptors (Lipinski definition) is 4. The average molecular weight is 301 g/mol. The molecule has 1 aliphatic rings. The zero-order valence-electron chi connectivity index (χ0n) is 14.3. The lowest BCUT2D eigenvalue weighted by Gasteiger charge is -2.42. The predicted octanol–water partition coefficient (Wildman–Crippen LogP) is 2.55. The van der Waals surface area contributed by atoms with E-state index in [0.29, 0.717) is 6.61 Å². The van der Waals surface area contributed by atoms with Crippen LogP contribution in [0.15, 0.2) is 0 Å². The summed E-state index contributed by atoms with van der Waals surface area (Å²) in [5, 5.41) is 9.96. The third-order valence-electron chi connectivity index (χ3n) is 4.59. The molecule has 0 bridgehead atoms. The fraction of sp³-hybridized carbons (Fsp3) is 1.00. The molecule has 0 saturated heterocycles. The van der Waals surface area contributed by atoms with E-state index in [-0.39, 0.29) is 5.41 Å². The van der Waals surface area contributed by atoms with Crippen LogP contribution in [0.3, 0.4) is 0 Å². The van der Waals surface area contributed by atoms with Crippen LogP contribution in [0, 0.1) is 11.3 Å². The Morgan fingerprint density at radius 2 is 1.76 bits per heavy atom. The van der Waals surface area contributed by atoms with E-state index in [1.165, 1.54) is 12.8 Å². The fourth-order valence-electron chi connectivity index (χ4n) is 3.53. The normalized spacial score (nSPS) is 26.4. The van der Waals surface area contributed by atoms with Gasteiger partial charge >= 0.3 is 0 Å². The topological polar surface area (TPSA) is 41.9 Å². The van der Waals surface area contributed by atoms with Crippen molar-refractivity contribution < 1.29 is 14.6 Å². The van der Waals surface area contributed by atoms with Gasteiger partial charge in [-0.15, -0.1) is 0 Å². The molecule has 2 atom stereocenters. The Hall–Kier alpha value is -0.160. The van der Waals surface area contributed by atoms with Crippen LogP contribution in [0.2, 0.25) is 0 Å². The van der Waals surface area contributed by atoms with Crippen molar-refractivity contribution in [1.82, 2.24) is 4.90 Å². The first-order chi connectivity index (χ1) is 10.2. The summed E-state index contributed by atoms with van der Waals surface area (Å²) < 4.78 is 11.0. The third kappa shape index (κ3) is 7.09. The molecule has 0 aromatic rings. The van der Waals surface area contributed by atoms with Crippen LogP contribution in [0.25, 0.3) is 0 Å². The first-order valence-electron chi connectivity index (χ1n) is 8.64. The molecule has 0 aromatic carbocycles. The molecule has 0 aromatic heterocycles. The Kier molecular flexibility index (Phi) is 9.49. The molecule has 1 saturated carbocycles. The summed E-state index contributed by atoms with van der Waals surface area (Å²) in [6.45, 7) is 12.6. The minimum atomic E-state index is 0.0795. The van der Waals surface area contributed by atoms with Crippen LogP contribution in [-0.2, 0) is 9.47 Å². The molecule has 4 nitrogen and oxygen atoms in total. The van der Waals surface area contributed by atoms with Crippen molar-refractivity contribution in [1.29, 1.82) is 0 Å². The van der Waals surface area contributed by atoms with E-state index < -0.39 is 0 Å². The maximum atomic E-state index is 9.96. The van der Waals surface area contributed by atoms with Crippen LogP contribution >= 0.6 is 0 Å². The van der Waals surface area contributed by atoms with Crippen LogP contribution < -0.4 is 0 Å². The number of nitrogens with zero attached hydrogens (tertiary/aromatic N) is 1. The second-order valence-electron chi connectivity index (χ2n) is 6.53. The highest BCUT2D eigenvalue weighted by molar-refractivity contribution is 4.87. The molecule has 1 aliphatic carbocycles. The first kappa shape index (κ1) is 18.9. The van der Waals surface area contributed by atoms with Gasteiger partial charge in [-0.2, -0.15) is 0 Å². The molecule has 21 heavy (non-hydrogen) atoms. The van der Waals surface area contributed by atoms with Gasteiger partial charge in [0.15, 0.2) is 0 Å². The quantitative estimate of drug-likeness (QED) is 0.596. The summed E-state index contributed by atoms with van der Waals surface area (Å²) in [7, 11) is 0. The van der Waals surface area contributed by atoms with Gasteiger partial charge < -0.3 is 14.6 Å². The Labute approximate surface area is 130 Å². The molecule has 1 rings (SSSR count). The van der Waals surface area contributed by atoms with Crippen molar-refractivity contribution in [3.05, 3.63) is 0 Å². The van der Waals surface area contributed by atoms with Gasteiger partial charge in [-0.3, -0.25) is 4.90 Å². The molecule has 0 spiro atoms. The zero-order valence-corrected chi connectivity index (χ0v) is 14.3. The zero-order chi connectivity index (χ0) is 15.6. The Balaban J connectivity index is 2.53. The highest BCUT2D eigenvalue weighted by Gasteiger charge is 2.35. The molecule has 2 unspecified atom stereocenters. The van der Waals surface area contributed by atoms with Gasteiger partial charge in [0, 0.05) is 44.9 Å². The van der Waals surface area contributed by atoms with Crippen molar-refractivity contribution in [2.24, 2.45) is 11.3 Å². The molecule has 1 fully saturated rings. The van der Waals surface area contributed by atoms with E-state index in [1.54, 1.807) is 0 Å². The molecule has 4 heteroatoms. The lowest BCUT2D eigenvalue weighted by molar-refractivity contribution is 0.00471. The largest absolute Gasteiger partial charge is 0.396 e. The van der Waals surface area contributed by atoms with Crippen molar-refractivity contribution in [2.75, 3.05) is 52.7 Å². The third-order valence-corrected chi connectivity index (χ3v) is 4.59. The van der Waals surface area contributed by atoms with E-state index in [1.807, 2.05) is 13.8 Å². The summed E-state index contributed by atoms with van der Waals surface area (Å²) in [6.07, 6.45) is 4.84. The summed E-state index contributed by atoms with van der Waals surface area (Å²) in [4.78, 5) is 2.42. The average Bonchev–Trinajstić information content (AvgIpc) is 2.47. The lowest BCUT2D eigenvalue weighted by atomic mass is 9.70. The van der Waals surface area contributed by atoms with E-state index in [0.717, 1.165) is 64.8 Å². The number of aliphatic hydroxyl groups is 1. The van der Waals surface area contributed by atoms with Crippen LogP contribution in [0.4, 0.5) is 0 Å². The Bertz CT molecular complexity index is 252. The smallest absolute Gasteiger partial charge is 0.0593 e. The van der Waals surface area contributed by atoms with Gasteiger partial charge in [-0.25, -0.2) is 0 Å². The van der Waals surface area contributed by atoms with Crippen LogP contribution in [0.1, 0.15) is 46.5 Å². The van der Waals surface area contributed by atoms with Crippen molar-refractivity contribution in [2.45, 2.75) is 46.5 Å². The number of rotatable bonds is 11. The van der Waals surface area contributed by atoms with Crippen molar-refractivity contribution >= 4 is 0 Å². The minimum Gasteiger partial charge on any atom is -0.396 e. The van der Waals surface area contributed by atoms with E-state index in [9.17, 15) is 5.11 Å². The number of ether oxygens (including phenoxy) is 2.